The molecule has 0 aliphatic carbocycles. The molecule has 3 heteroatoms. The molecule has 1 heterocycles. The Morgan fingerprint density at radius 1 is 1.35 bits per heavy atom. The summed E-state index contributed by atoms with van der Waals surface area (Å²) in [7, 11) is 0. The van der Waals surface area contributed by atoms with Gasteiger partial charge in [0.05, 0.1) is 6.61 Å². The third-order valence-corrected chi connectivity index (χ3v) is 4.29. The number of hydrogen-bond acceptors (Lipinski definition) is 3. The molecule has 20 heavy (non-hydrogen) atoms. The molecule has 1 fully saturated rings. The van der Waals surface area contributed by atoms with Crippen LogP contribution in [0.5, 0.6) is 0 Å². The van der Waals surface area contributed by atoms with E-state index < -0.39 is 0 Å². The highest BCUT2D eigenvalue weighted by Crippen LogP contribution is 2.21. The fourth-order valence-electron chi connectivity index (χ4n) is 2.79. The molecule has 1 saturated heterocycles. The van der Waals surface area contributed by atoms with Crippen LogP contribution in [0.25, 0.3) is 0 Å². The van der Waals surface area contributed by atoms with Crippen molar-refractivity contribution in [3.8, 4) is 0 Å². The predicted molar refractivity (Wildman–Crippen MR) is 85.1 cm³/mol. The molecule has 0 aromatic heterocycles. The van der Waals surface area contributed by atoms with Crippen LogP contribution in [0.1, 0.15) is 32.8 Å². The minimum Gasteiger partial charge on any atom is -0.382 e. The average molecular weight is 276 g/mol. The summed E-state index contributed by atoms with van der Waals surface area (Å²) in [6, 6.07) is 9.29. The summed E-state index contributed by atoms with van der Waals surface area (Å²) in [5, 5.41) is 3.63. The molecule has 0 bridgehead atoms. The van der Waals surface area contributed by atoms with Crippen molar-refractivity contribution in [2.24, 2.45) is 5.92 Å². The molecule has 0 spiro atoms. The Balaban J connectivity index is 1.94. The molecule has 0 amide bonds. The first-order valence-corrected chi connectivity index (χ1v) is 7.88. The molecule has 112 valence electrons. The molecule has 1 aliphatic rings. The van der Waals surface area contributed by atoms with Gasteiger partial charge in [-0.1, -0.05) is 26.0 Å². The van der Waals surface area contributed by atoms with E-state index in [-0.39, 0.29) is 0 Å². The minimum atomic E-state index is 0.473. The zero-order valence-corrected chi connectivity index (χ0v) is 13.1. The second-order valence-electron chi connectivity index (χ2n) is 5.72. The van der Waals surface area contributed by atoms with Crippen LogP contribution in [0.4, 0.5) is 5.69 Å². The molecule has 2 rings (SSSR count). The lowest BCUT2D eigenvalue weighted by molar-refractivity contribution is 0.183. The Morgan fingerprint density at radius 3 is 2.80 bits per heavy atom. The highest BCUT2D eigenvalue weighted by molar-refractivity contribution is 5.46. The van der Waals surface area contributed by atoms with Crippen molar-refractivity contribution in [3.05, 3.63) is 29.8 Å². The van der Waals surface area contributed by atoms with Crippen LogP contribution in [-0.4, -0.2) is 37.2 Å². The molecule has 1 aromatic rings. The largest absolute Gasteiger partial charge is 0.382 e. The van der Waals surface area contributed by atoms with Gasteiger partial charge in [0.15, 0.2) is 0 Å². The van der Waals surface area contributed by atoms with Gasteiger partial charge in [-0.15, -0.1) is 0 Å². The van der Waals surface area contributed by atoms with E-state index in [0.29, 0.717) is 12.0 Å². The predicted octanol–water partition coefficient (Wildman–Crippen LogP) is 3.37. The Labute approximate surface area is 123 Å². The van der Waals surface area contributed by atoms with Crippen LogP contribution in [0.15, 0.2) is 24.3 Å². The topological polar surface area (TPSA) is 24.5 Å². The van der Waals surface area contributed by atoms with Crippen LogP contribution < -0.4 is 5.32 Å². The van der Waals surface area contributed by atoms with Crippen LogP contribution in [-0.2, 0) is 11.3 Å². The zero-order chi connectivity index (χ0) is 14.4. The maximum Gasteiger partial charge on any atom is 0.0514 e. The molecule has 1 N–H and O–H groups in total. The standard InChI is InChI=1S/C17H28N2O/c1-4-19(5-2)12-15-7-6-8-17(11-15)18-14(3)16-9-10-20-13-16/h6-8,11,14,16,18H,4-5,9-10,12-13H2,1-3H3. The highest BCUT2D eigenvalue weighted by atomic mass is 16.5. The van der Waals surface area contributed by atoms with Crippen LogP contribution >= 0.6 is 0 Å². The van der Waals surface area contributed by atoms with Crippen molar-refractivity contribution in [1.82, 2.24) is 4.90 Å². The van der Waals surface area contributed by atoms with E-state index in [0.717, 1.165) is 32.8 Å². The summed E-state index contributed by atoms with van der Waals surface area (Å²) in [5.74, 6) is 0.640. The highest BCUT2D eigenvalue weighted by Gasteiger charge is 2.22. The molecule has 3 nitrogen and oxygen atoms in total. The van der Waals surface area contributed by atoms with E-state index in [1.165, 1.54) is 17.7 Å². The van der Waals surface area contributed by atoms with Gasteiger partial charge in [0, 0.05) is 30.8 Å². The van der Waals surface area contributed by atoms with Crippen LogP contribution in [0, 0.1) is 5.92 Å². The van der Waals surface area contributed by atoms with E-state index >= 15 is 0 Å². The quantitative estimate of drug-likeness (QED) is 0.826. The Kier molecular flexibility index (Phi) is 5.86. The van der Waals surface area contributed by atoms with Gasteiger partial charge in [0.2, 0.25) is 0 Å². The maximum atomic E-state index is 5.47. The van der Waals surface area contributed by atoms with Gasteiger partial charge in [-0.05, 0) is 44.1 Å². The fraction of sp³-hybridized carbons (Fsp3) is 0.647. The van der Waals surface area contributed by atoms with Gasteiger partial charge in [-0.25, -0.2) is 0 Å². The zero-order valence-electron chi connectivity index (χ0n) is 13.1. The molecule has 0 saturated carbocycles. The SMILES string of the molecule is CCN(CC)Cc1cccc(NC(C)C2CCOC2)c1. The molecule has 2 atom stereocenters. The third kappa shape index (κ3) is 4.22. The summed E-state index contributed by atoms with van der Waals surface area (Å²) in [6.45, 7) is 11.7. The van der Waals surface area contributed by atoms with E-state index in [4.69, 9.17) is 4.74 Å². The van der Waals surface area contributed by atoms with E-state index in [1.807, 2.05) is 0 Å². The normalized spacial score (nSPS) is 20.3. The van der Waals surface area contributed by atoms with E-state index in [2.05, 4.69) is 55.3 Å². The third-order valence-electron chi connectivity index (χ3n) is 4.29. The number of benzene rings is 1. The van der Waals surface area contributed by atoms with Gasteiger partial charge in [0.25, 0.3) is 0 Å². The van der Waals surface area contributed by atoms with Crippen molar-refractivity contribution in [2.45, 2.75) is 39.8 Å². The molecule has 1 aliphatic heterocycles. The first kappa shape index (κ1) is 15.3. The summed E-state index contributed by atoms with van der Waals surface area (Å²) < 4.78 is 5.47. The number of rotatable bonds is 7. The molecule has 0 radical (unpaired) electrons. The van der Waals surface area contributed by atoms with E-state index in [1.54, 1.807) is 0 Å². The maximum absolute atomic E-state index is 5.47. The van der Waals surface area contributed by atoms with Gasteiger partial charge >= 0.3 is 0 Å². The first-order chi connectivity index (χ1) is 9.72. The van der Waals surface area contributed by atoms with Gasteiger partial charge in [0.1, 0.15) is 0 Å². The van der Waals surface area contributed by atoms with Crippen molar-refractivity contribution in [1.29, 1.82) is 0 Å². The number of anilines is 1. The number of hydrogen-bond donors (Lipinski definition) is 1. The summed E-state index contributed by atoms with van der Waals surface area (Å²) in [5.41, 5.74) is 2.61. The summed E-state index contributed by atoms with van der Waals surface area (Å²) in [4.78, 5) is 2.44. The van der Waals surface area contributed by atoms with Gasteiger partial charge < -0.3 is 10.1 Å². The smallest absolute Gasteiger partial charge is 0.0514 e. The Bertz CT molecular complexity index is 398. The Morgan fingerprint density at radius 2 is 2.15 bits per heavy atom. The monoisotopic (exact) mass is 276 g/mol. The lowest BCUT2D eigenvalue weighted by Gasteiger charge is -2.22. The molecule has 1 aromatic carbocycles. The lowest BCUT2D eigenvalue weighted by atomic mass is 10.0. The minimum absolute atomic E-state index is 0.473. The van der Waals surface area contributed by atoms with Crippen molar-refractivity contribution < 1.29 is 4.74 Å². The van der Waals surface area contributed by atoms with Crippen molar-refractivity contribution in [2.75, 3.05) is 31.6 Å². The number of nitrogens with zero attached hydrogens (tertiary/aromatic N) is 1. The second kappa shape index (κ2) is 7.65. The summed E-state index contributed by atoms with van der Waals surface area (Å²) in [6.07, 6.45) is 1.17. The second-order valence-corrected chi connectivity index (χ2v) is 5.72. The van der Waals surface area contributed by atoms with Crippen molar-refractivity contribution >= 4 is 5.69 Å². The fourth-order valence-corrected chi connectivity index (χ4v) is 2.79. The van der Waals surface area contributed by atoms with Gasteiger partial charge in [-0.3, -0.25) is 4.90 Å². The summed E-state index contributed by atoms with van der Waals surface area (Å²) >= 11 is 0. The first-order valence-electron chi connectivity index (χ1n) is 7.88. The Hall–Kier alpha value is -1.06. The molecular weight excluding hydrogens is 248 g/mol. The lowest BCUT2D eigenvalue weighted by Crippen LogP contribution is -2.26. The average Bonchev–Trinajstić information content (AvgIpc) is 2.99. The van der Waals surface area contributed by atoms with Crippen molar-refractivity contribution in [3.63, 3.8) is 0 Å². The molecule has 2 unspecified atom stereocenters. The van der Waals surface area contributed by atoms with Crippen LogP contribution in [0.2, 0.25) is 0 Å². The van der Waals surface area contributed by atoms with E-state index in [9.17, 15) is 0 Å². The van der Waals surface area contributed by atoms with Gasteiger partial charge in [-0.2, -0.15) is 0 Å². The number of ether oxygens (including phenoxy) is 1. The molecular formula is C17H28N2O. The number of nitrogens with one attached hydrogen (secondary N) is 1. The van der Waals surface area contributed by atoms with Crippen LogP contribution in [0.3, 0.4) is 0 Å².